The monoisotopic (exact) mass is 276 g/mol. The van der Waals surface area contributed by atoms with Gasteiger partial charge in [-0.3, -0.25) is 14.5 Å². The lowest BCUT2D eigenvalue weighted by Gasteiger charge is -2.14. The Morgan fingerprint density at radius 3 is 2.35 bits per heavy atom. The standard InChI is InChI=1S/C14H16N2O4/c1-9(13(18)19)11-5-3-10(4-6-11)7-16-12(17)8-15(2)14(16)20/h3-6,9H,7-8H2,1-2H3,(H,18,19). The van der Waals surface area contributed by atoms with Gasteiger partial charge in [-0.05, 0) is 18.1 Å². The number of urea groups is 1. The fraction of sp³-hybridized carbons (Fsp3) is 0.357. The fourth-order valence-electron chi connectivity index (χ4n) is 2.06. The zero-order chi connectivity index (χ0) is 14.9. The summed E-state index contributed by atoms with van der Waals surface area (Å²) in [5, 5.41) is 8.93. The summed E-state index contributed by atoms with van der Waals surface area (Å²) in [5.74, 6) is -1.69. The minimum atomic E-state index is -0.885. The molecule has 6 nitrogen and oxygen atoms in total. The van der Waals surface area contributed by atoms with E-state index in [9.17, 15) is 14.4 Å². The van der Waals surface area contributed by atoms with E-state index in [1.54, 1.807) is 38.2 Å². The molecule has 0 radical (unpaired) electrons. The van der Waals surface area contributed by atoms with Gasteiger partial charge >= 0.3 is 12.0 Å². The van der Waals surface area contributed by atoms with Gasteiger partial charge in [-0.15, -0.1) is 0 Å². The molecular weight excluding hydrogens is 260 g/mol. The van der Waals surface area contributed by atoms with E-state index in [1.165, 1.54) is 9.80 Å². The second-order valence-electron chi connectivity index (χ2n) is 4.92. The van der Waals surface area contributed by atoms with Crippen molar-refractivity contribution in [3.63, 3.8) is 0 Å². The van der Waals surface area contributed by atoms with Crippen molar-refractivity contribution in [3.8, 4) is 0 Å². The zero-order valence-corrected chi connectivity index (χ0v) is 11.4. The summed E-state index contributed by atoms with van der Waals surface area (Å²) in [4.78, 5) is 36.8. The van der Waals surface area contributed by atoms with E-state index < -0.39 is 11.9 Å². The second-order valence-corrected chi connectivity index (χ2v) is 4.92. The number of carbonyl (C=O) groups is 3. The number of carbonyl (C=O) groups excluding carboxylic acids is 2. The van der Waals surface area contributed by atoms with Crippen molar-refractivity contribution in [2.24, 2.45) is 0 Å². The van der Waals surface area contributed by atoms with Gasteiger partial charge in [0.05, 0.1) is 12.5 Å². The van der Waals surface area contributed by atoms with Gasteiger partial charge in [0, 0.05) is 7.05 Å². The molecule has 2 rings (SSSR count). The highest BCUT2D eigenvalue weighted by atomic mass is 16.4. The Morgan fingerprint density at radius 1 is 1.30 bits per heavy atom. The molecule has 0 saturated carbocycles. The van der Waals surface area contributed by atoms with E-state index in [-0.39, 0.29) is 25.0 Å². The summed E-state index contributed by atoms with van der Waals surface area (Å²) >= 11 is 0. The van der Waals surface area contributed by atoms with Crippen molar-refractivity contribution < 1.29 is 19.5 Å². The first-order chi connectivity index (χ1) is 9.40. The number of rotatable bonds is 4. The number of hydrogen-bond acceptors (Lipinski definition) is 3. The van der Waals surface area contributed by atoms with Gasteiger partial charge in [0.1, 0.15) is 6.54 Å². The van der Waals surface area contributed by atoms with Crippen LogP contribution in [-0.2, 0) is 16.1 Å². The van der Waals surface area contributed by atoms with Crippen LogP contribution in [0.3, 0.4) is 0 Å². The maximum absolute atomic E-state index is 11.7. The topological polar surface area (TPSA) is 77.9 Å². The summed E-state index contributed by atoms with van der Waals surface area (Å²) in [6.07, 6.45) is 0. The third kappa shape index (κ3) is 2.64. The normalized spacial score (nSPS) is 16.7. The number of likely N-dealkylation sites (N-methyl/N-ethyl adjacent to an activating group) is 1. The molecule has 1 N–H and O–H groups in total. The van der Waals surface area contributed by atoms with Crippen LogP contribution in [-0.4, -0.2) is 46.4 Å². The summed E-state index contributed by atoms with van der Waals surface area (Å²) in [6, 6.07) is 6.60. The van der Waals surface area contributed by atoms with Crippen LogP contribution >= 0.6 is 0 Å². The first kappa shape index (κ1) is 14.0. The molecule has 0 spiro atoms. The van der Waals surface area contributed by atoms with E-state index >= 15 is 0 Å². The summed E-state index contributed by atoms with van der Waals surface area (Å²) in [5.41, 5.74) is 1.49. The van der Waals surface area contributed by atoms with Gasteiger partial charge in [-0.25, -0.2) is 4.79 Å². The van der Waals surface area contributed by atoms with Crippen LogP contribution in [0.5, 0.6) is 0 Å². The highest BCUT2D eigenvalue weighted by molar-refractivity contribution is 6.01. The number of benzene rings is 1. The maximum Gasteiger partial charge on any atom is 0.327 e. The van der Waals surface area contributed by atoms with Gasteiger partial charge in [0.15, 0.2) is 0 Å². The molecule has 0 bridgehead atoms. The van der Waals surface area contributed by atoms with Crippen molar-refractivity contribution in [1.29, 1.82) is 0 Å². The largest absolute Gasteiger partial charge is 0.481 e. The van der Waals surface area contributed by atoms with Crippen LogP contribution < -0.4 is 0 Å². The number of carboxylic acids is 1. The average Bonchev–Trinajstić information content (AvgIpc) is 2.65. The average molecular weight is 276 g/mol. The fourth-order valence-corrected chi connectivity index (χ4v) is 2.06. The number of hydrogen-bond donors (Lipinski definition) is 1. The minimum absolute atomic E-state index is 0.104. The van der Waals surface area contributed by atoms with Gasteiger partial charge < -0.3 is 10.0 Å². The zero-order valence-electron chi connectivity index (χ0n) is 11.4. The third-order valence-corrected chi connectivity index (χ3v) is 3.42. The summed E-state index contributed by atoms with van der Waals surface area (Å²) in [6.45, 7) is 1.93. The van der Waals surface area contributed by atoms with E-state index in [0.717, 1.165) is 5.56 Å². The van der Waals surface area contributed by atoms with Crippen molar-refractivity contribution in [2.45, 2.75) is 19.4 Å². The van der Waals surface area contributed by atoms with Crippen LogP contribution in [0.25, 0.3) is 0 Å². The van der Waals surface area contributed by atoms with Crippen LogP contribution in [0.2, 0.25) is 0 Å². The molecule has 1 heterocycles. The number of carboxylic acid groups (broad SMARTS) is 1. The third-order valence-electron chi connectivity index (χ3n) is 3.42. The molecule has 1 aliphatic rings. The molecule has 3 amide bonds. The number of nitrogens with zero attached hydrogens (tertiary/aromatic N) is 2. The van der Waals surface area contributed by atoms with Crippen molar-refractivity contribution in [1.82, 2.24) is 9.80 Å². The van der Waals surface area contributed by atoms with Crippen LogP contribution in [0, 0.1) is 0 Å². The Hall–Kier alpha value is -2.37. The van der Waals surface area contributed by atoms with E-state index in [4.69, 9.17) is 5.11 Å². The van der Waals surface area contributed by atoms with E-state index in [2.05, 4.69) is 0 Å². The molecule has 1 saturated heterocycles. The van der Waals surface area contributed by atoms with Crippen LogP contribution in [0.4, 0.5) is 4.79 Å². The molecule has 0 aromatic heterocycles. The second kappa shape index (κ2) is 5.32. The van der Waals surface area contributed by atoms with Gasteiger partial charge in [0.25, 0.3) is 5.91 Å². The Morgan fingerprint density at radius 2 is 1.90 bits per heavy atom. The highest BCUT2D eigenvalue weighted by Crippen LogP contribution is 2.18. The first-order valence-corrected chi connectivity index (χ1v) is 6.27. The number of amides is 3. The minimum Gasteiger partial charge on any atom is -0.481 e. The Labute approximate surface area is 116 Å². The summed E-state index contributed by atoms with van der Waals surface area (Å²) in [7, 11) is 1.58. The van der Waals surface area contributed by atoms with Crippen molar-refractivity contribution >= 4 is 17.9 Å². The van der Waals surface area contributed by atoms with Crippen LogP contribution in [0.15, 0.2) is 24.3 Å². The molecule has 20 heavy (non-hydrogen) atoms. The van der Waals surface area contributed by atoms with E-state index in [0.29, 0.717) is 5.56 Å². The van der Waals surface area contributed by atoms with Crippen molar-refractivity contribution in [3.05, 3.63) is 35.4 Å². The lowest BCUT2D eigenvalue weighted by Crippen LogP contribution is -2.31. The molecule has 1 unspecified atom stereocenters. The molecular formula is C14H16N2O4. The molecule has 1 aliphatic heterocycles. The Balaban J connectivity index is 2.10. The Bertz CT molecular complexity index is 553. The highest BCUT2D eigenvalue weighted by Gasteiger charge is 2.33. The molecule has 0 aliphatic carbocycles. The SMILES string of the molecule is CC(C(=O)O)c1ccc(CN2C(=O)CN(C)C2=O)cc1. The van der Waals surface area contributed by atoms with Gasteiger partial charge in [0.2, 0.25) is 0 Å². The maximum atomic E-state index is 11.7. The van der Waals surface area contributed by atoms with Crippen LogP contribution in [0.1, 0.15) is 24.0 Å². The Kier molecular flexibility index (Phi) is 3.74. The van der Waals surface area contributed by atoms with Gasteiger partial charge in [-0.2, -0.15) is 0 Å². The summed E-state index contributed by atoms with van der Waals surface area (Å²) < 4.78 is 0. The predicted molar refractivity (Wildman–Crippen MR) is 71.1 cm³/mol. The van der Waals surface area contributed by atoms with Gasteiger partial charge in [-0.1, -0.05) is 24.3 Å². The lowest BCUT2D eigenvalue weighted by molar-refractivity contribution is -0.138. The molecule has 6 heteroatoms. The smallest absolute Gasteiger partial charge is 0.327 e. The molecule has 1 aromatic carbocycles. The molecule has 1 fully saturated rings. The number of imide groups is 1. The number of aliphatic carboxylic acids is 1. The molecule has 1 atom stereocenters. The predicted octanol–water partition coefficient (Wildman–Crippen LogP) is 1.27. The molecule has 1 aromatic rings. The van der Waals surface area contributed by atoms with Crippen molar-refractivity contribution in [2.75, 3.05) is 13.6 Å². The quantitative estimate of drug-likeness (QED) is 0.840. The molecule has 106 valence electrons. The lowest BCUT2D eigenvalue weighted by atomic mass is 10.00. The first-order valence-electron chi connectivity index (χ1n) is 6.27. The van der Waals surface area contributed by atoms with E-state index in [1.807, 2.05) is 0 Å².